The average molecular weight is 164 g/mol. The number of rotatable bonds is 0. The maximum atomic E-state index is 11.4. The van der Waals surface area contributed by atoms with Crippen molar-refractivity contribution in [1.29, 1.82) is 0 Å². The van der Waals surface area contributed by atoms with Crippen LogP contribution in [0.2, 0.25) is 0 Å². The average Bonchev–Trinajstić information content (AvgIpc) is 2.45. The Balaban J connectivity index is 2.24. The minimum absolute atomic E-state index is 0.400. The molecule has 0 radical (unpaired) electrons. The monoisotopic (exact) mass is 164 g/mol. The van der Waals surface area contributed by atoms with E-state index in [1.54, 1.807) is 0 Å². The van der Waals surface area contributed by atoms with Crippen molar-refractivity contribution < 1.29 is 4.79 Å². The van der Waals surface area contributed by atoms with Gasteiger partial charge in [-0.15, -0.1) is 0 Å². The Morgan fingerprint density at radius 2 is 2.17 bits per heavy atom. The lowest BCUT2D eigenvalue weighted by Gasteiger charge is -2.04. The molecule has 0 spiro atoms. The third-order valence-corrected chi connectivity index (χ3v) is 3.53. The molecule has 0 aromatic heterocycles. The number of ketones is 1. The third-order valence-electron chi connectivity index (χ3n) is 3.53. The highest BCUT2D eigenvalue weighted by molar-refractivity contribution is 5.82. The molecule has 66 valence electrons. The van der Waals surface area contributed by atoms with E-state index in [1.807, 2.05) is 0 Å². The van der Waals surface area contributed by atoms with E-state index >= 15 is 0 Å². The highest BCUT2D eigenvalue weighted by atomic mass is 16.1. The Morgan fingerprint density at radius 1 is 1.50 bits per heavy atom. The zero-order chi connectivity index (χ0) is 8.93. The van der Waals surface area contributed by atoms with Gasteiger partial charge in [0.05, 0.1) is 0 Å². The Hall–Kier alpha value is -0.590. The van der Waals surface area contributed by atoms with E-state index in [1.165, 1.54) is 5.57 Å². The Bertz CT molecular complexity index is 260. The standard InChI is InChI=1S/C11H16O/c1-7-4-8(12)6-10-9(5-7)11(10,2)3/h5,9-10H,4,6H2,1-3H3/t9-,10+/m1/s1. The molecular formula is C11H16O. The van der Waals surface area contributed by atoms with Gasteiger partial charge in [-0.1, -0.05) is 25.5 Å². The van der Waals surface area contributed by atoms with Crippen molar-refractivity contribution >= 4 is 5.78 Å². The van der Waals surface area contributed by atoms with Crippen molar-refractivity contribution in [2.24, 2.45) is 17.3 Å². The van der Waals surface area contributed by atoms with Crippen LogP contribution in [0.5, 0.6) is 0 Å². The number of allylic oxidation sites excluding steroid dienone is 2. The van der Waals surface area contributed by atoms with Gasteiger partial charge < -0.3 is 0 Å². The van der Waals surface area contributed by atoms with Crippen LogP contribution in [0.25, 0.3) is 0 Å². The summed E-state index contributed by atoms with van der Waals surface area (Å²) in [5, 5.41) is 0. The van der Waals surface area contributed by atoms with Gasteiger partial charge in [-0.25, -0.2) is 0 Å². The fourth-order valence-corrected chi connectivity index (χ4v) is 2.50. The quantitative estimate of drug-likeness (QED) is 0.503. The van der Waals surface area contributed by atoms with Crippen molar-refractivity contribution in [3.8, 4) is 0 Å². The molecule has 0 aromatic carbocycles. The van der Waals surface area contributed by atoms with Crippen LogP contribution in [0.4, 0.5) is 0 Å². The number of Topliss-reactive ketones (excluding diaryl/α,β-unsaturated/α-hetero) is 1. The minimum atomic E-state index is 0.400. The summed E-state index contributed by atoms with van der Waals surface area (Å²) in [7, 11) is 0. The molecular weight excluding hydrogens is 148 g/mol. The highest BCUT2D eigenvalue weighted by Crippen LogP contribution is 2.62. The lowest BCUT2D eigenvalue weighted by atomic mass is 10.0. The van der Waals surface area contributed by atoms with Crippen LogP contribution in [0.15, 0.2) is 11.6 Å². The maximum absolute atomic E-state index is 11.4. The number of carbonyl (C=O) groups is 1. The van der Waals surface area contributed by atoms with Crippen LogP contribution in [0, 0.1) is 17.3 Å². The van der Waals surface area contributed by atoms with Crippen molar-refractivity contribution in [1.82, 2.24) is 0 Å². The zero-order valence-electron chi connectivity index (χ0n) is 8.05. The normalized spacial score (nSPS) is 38.2. The summed E-state index contributed by atoms with van der Waals surface area (Å²) < 4.78 is 0. The third kappa shape index (κ3) is 1.03. The molecule has 0 unspecified atom stereocenters. The molecule has 2 aliphatic rings. The van der Waals surface area contributed by atoms with Crippen molar-refractivity contribution in [3.05, 3.63) is 11.6 Å². The second-order valence-electron chi connectivity index (χ2n) is 4.89. The Morgan fingerprint density at radius 3 is 2.83 bits per heavy atom. The topological polar surface area (TPSA) is 17.1 Å². The van der Waals surface area contributed by atoms with E-state index in [4.69, 9.17) is 0 Å². The van der Waals surface area contributed by atoms with E-state index < -0.39 is 0 Å². The lowest BCUT2D eigenvalue weighted by Crippen LogP contribution is -2.02. The summed E-state index contributed by atoms with van der Waals surface area (Å²) in [5.74, 6) is 1.76. The SMILES string of the molecule is CC1=C[C@@H]2[C@H](CC(=O)C1)C2(C)C. The van der Waals surface area contributed by atoms with Gasteiger partial charge >= 0.3 is 0 Å². The molecule has 1 saturated carbocycles. The summed E-state index contributed by atoms with van der Waals surface area (Å²) >= 11 is 0. The molecule has 0 heterocycles. The number of hydrogen-bond donors (Lipinski definition) is 0. The van der Waals surface area contributed by atoms with Crippen LogP contribution < -0.4 is 0 Å². The second kappa shape index (κ2) is 2.21. The van der Waals surface area contributed by atoms with Crippen LogP contribution >= 0.6 is 0 Å². The molecule has 0 bridgehead atoms. The van der Waals surface area contributed by atoms with Crippen molar-refractivity contribution in [2.45, 2.75) is 33.6 Å². The van der Waals surface area contributed by atoms with Crippen LogP contribution in [-0.4, -0.2) is 5.78 Å². The summed E-state index contributed by atoms with van der Waals surface area (Å²) in [6, 6.07) is 0. The van der Waals surface area contributed by atoms with Gasteiger partial charge in [-0.3, -0.25) is 4.79 Å². The van der Waals surface area contributed by atoms with Crippen molar-refractivity contribution in [2.75, 3.05) is 0 Å². The molecule has 0 saturated heterocycles. The minimum Gasteiger partial charge on any atom is -0.299 e. The molecule has 0 amide bonds. The van der Waals surface area contributed by atoms with E-state index in [0.717, 1.165) is 6.42 Å². The van der Waals surface area contributed by atoms with Gasteiger partial charge in [0.25, 0.3) is 0 Å². The van der Waals surface area contributed by atoms with Gasteiger partial charge in [0.1, 0.15) is 5.78 Å². The fourth-order valence-electron chi connectivity index (χ4n) is 2.50. The predicted octanol–water partition coefficient (Wildman–Crippen LogP) is 2.57. The van der Waals surface area contributed by atoms with Gasteiger partial charge in [0.15, 0.2) is 0 Å². The zero-order valence-corrected chi connectivity index (χ0v) is 8.05. The molecule has 2 aliphatic carbocycles. The first kappa shape index (κ1) is 8.03. The van der Waals surface area contributed by atoms with Crippen LogP contribution in [0.1, 0.15) is 33.6 Å². The number of hydrogen-bond acceptors (Lipinski definition) is 1. The molecule has 1 heteroatoms. The highest BCUT2D eigenvalue weighted by Gasteiger charge is 2.57. The summed E-state index contributed by atoms with van der Waals surface area (Å²) in [5.41, 5.74) is 1.68. The Labute approximate surface area is 73.8 Å². The maximum Gasteiger partial charge on any atom is 0.137 e. The van der Waals surface area contributed by atoms with Gasteiger partial charge in [0, 0.05) is 12.8 Å². The fraction of sp³-hybridized carbons (Fsp3) is 0.727. The first-order valence-electron chi connectivity index (χ1n) is 4.71. The number of carbonyl (C=O) groups excluding carboxylic acids is 1. The lowest BCUT2D eigenvalue weighted by molar-refractivity contribution is -0.118. The molecule has 1 fully saturated rings. The second-order valence-corrected chi connectivity index (χ2v) is 4.89. The van der Waals surface area contributed by atoms with E-state index in [0.29, 0.717) is 29.5 Å². The molecule has 12 heavy (non-hydrogen) atoms. The van der Waals surface area contributed by atoms with Gasteiger partial charge in [-0.2, -0.15) is 0 Å². The summed E-state index contributed by atoms with van der Waals surface area (Å²) in [6.07, 6.45) is 3.82. The first-order chi connectivity index (χ1) is 5.51. The molecule has 0 N–H and O–H groups in total. The Kier molecular flexibility index (Phi) is 1.48. The summed E-state index contributed by atoms with van der Waals surface area (Å²) in [4.78, 5) is 11.4. The van der Waals surface area contributed by atoms with Crippen LogP contribution in [-0.2, 0) is 4.79 Å². The van der Waals surface area contributed by atoms with Gasteiger partial charge in [0.2, 0.25) is 0 Å². The summed E-state index contributed by atoms with van der Waals surface area (Å²) in [6.45, 7) is 6.62. The van der Waals surface area contributed by atoms with E-state index in [-0.39, 0.29) is 0 Å². The first-order valence-corrected chi connectivity index (χ1v) is 4.71. The largest absolute Gasteiger partial charge is 0.299 e. The molecule has 0 aliphatic heterocycles. The predicted molar refractivity (Wildman–Crippen MR) is 48.8 cm³/mol. The molecule has 1 nitrogen and oxygen atoms in total. The van der Waals surface area contributed by atoms with E-state index in [9.17, 15) is 4.79 Å². The van der Waals surface area contributed by atoms with Crippen LogP contribution in [0.3, 0.4) is 0 Å². The number of fused-ring (bicyclic) bond motifs is 1. The van der Waals surface area contributed by atoms with E-state index in [2.05, 4.69) is 26.8 Å². The molecule has 2 atom stereocenters. The molecule has 0 aromatic rings. The van der Waals surface area contributed by atoms with Crippen molar-refractivity contribution in [3.63, 3.8) is 0 Å². The smallest absolute Gasteiger partial charge is 0.137 e. The molecule has 2 rings (SSSR count). The van der Waals surface area contributed by atoms with Gasteiger partial charge in [-0.05, 0) is 24.2 Å².